The summed E-state index contributed by atoms with van der Waals surface area (Å²) in [5.74, 6) is 0.332. The van der Waals surface area contributed by atoms with E-state index in [9.17, 15) is 14.7 Å². The van der Waals surface area contributed by atoms with Crippen molar-refractivity contribution in [1.29, 1.82) is 0 Å². The van der Waals surface area contributed by atoms with Gasteiger partial charge in [0.1, 0.15) is 17.7 Å². The first-order chi connectivity index (χ1) is 15.4. The van der Waals surface area contributed by atoms with Crippen molar-refractivity contribution in [3.8, 4) is 11.3 Å². The highest BCUT2D eigenvalue weighted by atomic mass is 16.4. The highest BCUT2D eigenvalue weighted by Gasteiger charge is 2.36. The number of carbonyl (C=O) groups is 2. The lowest BCUT2D eigenvalue weighted by molar-refractivity contribution is -0.150. The van der Waals surface area contributed by atoms with Crippen LogP contribution in [0, 0.1) is 6.92 Å². The molecule has 1 aromatic carbocycles. The van der Waals surface area contributed by atoms with Crippen molar-refractivity contribution in [2.45, 2.75) is 44.4 Å². The molecule has 2 aromatic heterocycles. The molecule has 4 heterocycles. The van der Waals surface area contributed by atoms with Gasteiger partial charge in [0.15, 0.2) is 0 Å². The lowest BCUT2D eigenvalue weighted by Gasteiger charge is -2.28. The Balaban J connectivity index is 1.65. The van der Waals surface area contributed by atoms with Crippen LogP contribution in [0.2, 0.25) is 0 Å². The van der Waals surface area contributed by atoms with Gasteiger partial charge in [0.05, 0.1) is 22.8 Å². The number of fused-ring (bicyclic) bond motifs is 5. The Labute approximate surface area is 185 Å². The molecule has 0 aliphatic carbocycles. The lowest BCUT2D eigenvalue weighted by Crippen LogP contribution is -2.49. The number of carbonyl (C=O) groups excluding carboxylic acids is 1. The molecule has 1 saturated heterocycles. The van der Waals surface area contributed by atoms with E-state index in [0.29, 0.717) is 19.5 Å². The van der Waals surface area contributed by atoms with Crippen LogP contribution < -0.4 is 10.6 Å². The summed E-state index contributed by atoms with van der Waals surface area (Å²) in [4.78, 5) is 36.1. The predicted molar refractivity (Wildman–Crippen MR) is 120 cm³/mol. The Kier molecular flexibility index (Phi) is 5.05. The van der Waals surface area contributed by atoms with Gasteiger partial charge >= 0.3 is 5.97 Å². The normalized spacial score (nSPS) is 23.5. The number of carboxylic acid groups (broad SMARTS) is 1. The highest BCUT2D eigenvalue weighted by Crippen LogP contribution is 2.30. The van der Waals surface area contributed by atoms with E-state index in [0.717, 1.165) is 33.9 Å². The van der Waals surface area contributed by atoms with E-state index in [1.165, 1.54) is 4.90 Å². The molecule has 3 N–H and O–H groups in total. The van der Waals surface area contributed by atoms with Crippen LogP contribution in [0.15, 0.2) is 36.4 Å². The largest absolute Gasteiger partial charge is 0.480 e. The van der Waals surface area contributed by atoms with Gasteiger partial charge in [-0.05, 0) is 38.0 Å². The molecule has 0 spiro atoms. The first-order valence-electron chi connectivity index (χ1n) is 10.8. The number of rotatable bonds is 1. The van der Waals surface area contributed by atoms with Crippen LogP contribution in [0.25, 0.3) is 22.3 Å². The van der Waals surface area contributed by atoms with Gasteiger partial charge in [-0.3, -0.25) is 4.79 Å². The third-order valence-corrected chi connectivity index (χ3v) is 6.49. The first-order valence-corrected chi connectivity index (χ1v) is 10.8. The van der Waals surface area contributed by atoms with Gasteiger partial charge in [-0.1, -0.05) is 18.2 Å². The summed E-state index contributed by atoms with van der Waals surface area (Å²) < 4.78 is 2.03. The van der Waals surface area contributed by atoms with Crippen LogP contribution >= 0.6 is 0 Å². The fourth-order valence-electron chi connectivity index (χ4n) is 4.82. The van der Waals surface area contributed by atoms with Gasteiger partial charge in [0.25, 0.3) is 0 Å². The smallest absolute Gasteiger partial charge is 0.326 e. The van der Waals surface area contributed by atoms with Gasteiger partial charge in [-0.25, -0.2) is 14.8 Å². The van der Waals surface area contributed by atoms with Crippen LogP contribution in [0.1, 0.15) is 18.7 Å². The quantitative estimate of drug-likeness (QED) is 0.536. The first kappa shape index (κ1) is 20.4. The molecular weight excluding hydrogens is 408 g/mol. The standard InChI is InChI=1S/C23H26N6O3/c1-13-25-17-7-3-5-15-16-6-4-8-20(27-16)26-14-11-18(24-12-14)22(30)28(2)19(23(31)32)9-10-29(13)21(15)17/h3-8,14,18-19,24H,9-12H2,1-2H3,(H,26,27)(H,31,32)/t14-,18-,19?/m0/s1. The number of benzene rings is 1. The maximum Gasteiger partial charge on any atom is 0.326 e. The Morgan fingerprint density at radius 3 is 2.81 bits per heavy atom. The van der Waals surface area contributed by atoms with Gasteiger partial charge in [0, 0.05) is 31.7 Å². The van der Waals surface area contributed by atoms with Crippen molar-refractivity contribution >= 4 is 28.7 Å². The molecule has 2 aliphatic rings. The Morgan fingerprint density at radius 1 is 1.19 bits per heavy atom. The summed E-state index contributed by atoms with van der Waals surface area (Å²) in [7, 11) is 1.58. The van der Waals surface area contributed by atoms with E-state index in [1.54, 1.807) is 7.05 Å². The van der Waals surface area contributed by atoms with Crippen molar-refractivity contribution in [3.05, 3.63) is 42.2 Å². The molecule has 0 saturated carbocycles. The number of para-hydroxylation sites is 1. The summed E-state index contributed by atoms with van der Waals surface area (Å²) in [5, 5.41) is 16.6. The summed E-state index contributed by atoms with van der Waals surface area (Å²) in [6, 6.07) is 10.5. The van der Waals surface area contributed by atoms with E-state index in [1.807, 2.05) is 47.9 Å². The Hall–Kier alpha value is -3.46. The van der Waals surface area contributed by atoms with Gasteiger partial charge in [-0.15, -0.1) is 0 Å². The molecule has 32 heavy (non-hydrogen) atoms. The Bertz CT molecular complexity index is 1210. The molecule has 9 nitrogen and oxygen atoms in total. The van der Waals surface area contributed by atoms with Crippen molar-refractivity contribution in [1.82, 2.24) is 24.8 Å². The topological polar surface area (TPSA) is 112 Å². The molecule has 1 fully saturated rings. The number of hydrogen-bond donors (Lipinski definition) is 3. The second kappa shape index (κ2) is 7.90. The SMILES string of the molecule is Cc1nc2cccc3c2n1CCC(C(=O)O)N(C)C(=O)[C@@H]1C[C@@H](CN1)Nc1cccc-3n1. The van der Waals surface area contributed by atoms with Crippen molar-refractivity contribution < 1.29 is 14.7 Å². The maximum atomic E-state index is 13.1. The van der Waals surface area contributed by atoms with E-state index >= 15 is 0 Å². The van der Waals surface area contributed by atoms with E-state index in [2.05, 4.69) is 15.6 Å². The number of anilines is 1. The predicted octanol–water partition coefficient (Wildman–Crippen LogP) is 1.86. The number of aliphatic carboxylic acids is 1. The molecule has 1 unspecified atom stereocenters. The zero-order valence-electron chi connectivity index (χ0n) is 18.1. The summed E-state index contributed by atoms with van der Waals surface area (Å²) in [6.45, 7) is 2.94. The van der Waals surface area contributed by atoms with Crippen molar-refractivity contribution in [3.63, 3.8) is 0 Å². The zero-order valence-corrected chi connectivity index (χ0v) is 18.1. The molecule has 2 aliphatic heterocycles. The van der Waals surface area contributed by atoms with E-state index in [-0.39, 0.29) is 18.4 Å². The van der Waals surface area contributed by atoms with Crippen LogP contribution in [-0.2, 0) is 16.1 Å². The molecule has 166 valence electrons. The molecule has 1 amide bonds. The van der Waals surface area contributed by atoms with Gasteiger partial charge in [-0.2, -0.15) is 0 Å². The number of amides is 1. The number of nitrogens with zero attached hydrogens (tertiary/aromatic N) is 4. The molecule has 0 radical (unpaired) electrons. The third-order valence-electron chi connectivity index (χ3n) is 6.49. The van der Waals surface area contributed by atoms with Gasteiger partial charge in [0.2, 0.25) is 5.91 Å². The Morgan fingerprint density at radius 2 is 2.00 bits per heavy atom. The number of carboxylic acids is 1. The fourth-order valence-corrected chi connectivity index (χ4v) is 4.82. The minimum absolute atomic E-state index is 0.0251. The summed E-state index contributed by atoms with van der Waals surface area (Å²) >= 11 is 0. The minimum atomic E-state index is -1.01. The number of pyridine rings is 1. The average molecular weight is 435 g/mol. The van der Waals surface area contributed by atoms with Crippen LogP contribution in [0.3, 0.4) is 0 Å². The highest BCUT2D eigenvalue weighted by molar-refractivity contribution is 5.92. The fraction of sp³-hybridized carbons (Fsp3) is 0.391. The number of nitrogens with one attached hydrogen (secondary N) is 2. The van der Waals surface area contributed by atoms with Crippen LogP contribution in [0.4, 0.5) is 5.82 Å². The second-order valence-corrected chi connectivity index (χ2v) is 8.52. The van der Waals surface area contributed by atoms with Crippen LogP contribution in [-0.4, -0.2) is 68.1 Å². The monoisotopic (exact) mass is 434 g/mol. The van der Waals surface area contributed by atoms with Gasteiger partial charge < -0.3 is 25.2 Å². The molecule has 3 aromatic rings. The molecular formula is C23H26N6O3. The lowest BCUT2D eigenvalue weighted by atomic mass is 10.1. The second-order valence-electron chi connectivity index (χ2n) is 8.52. The molecule has 3 atom stereocenters. The zero-order chi connectivity index (χ0) is 22.4. The molecule has 4 bridgehead atoms. The number of likely N-dealkylation sites (N-methyl/N-ethyl adjacent to an activating group) is 1. The molecule has 9 heteroatoms. The molecule has 5 rings (SSSR count). The number of aryl methyl sites for hydroxylation is 2. The van der Waals surface area contributed by atoms with E-state index in [4.69, 9.17) is 4.98 Å². The van der Waals surface area contributed by atoms with Crippen molar-refractivity contribution in [2.24, 2.45) is 0 Å². The van der Waals surface area contributed by atoms with Crippen LogP contribution in [0.5, 0.6) is 0 Å². The minimum Gasteiger partial charge on any atom is -0.480 e. The van der Waals surface area contributed by atoms with E-state index < -0.39 is 18.1 Å². The number of imidazole rings is 1. The summed E-state index contributed by atoms with van der Waals surface area (Å²) in [5.41, 5.74) is 3.53. The number of aromatic nitrogens is 3. The maximum absolute atomic E-state index is 13.1. The third kappa shape index (κ3) is 3.48. The summed E-state index contributed by atoms with van der Waals surface area (Å²) in [6.07, 6.45) is 0.847. The van der Waals surface area contributed by atoms with Crippen molar-refractivity contribution in [2.75, 3.05) is 18.9 Å². The number of hydrogen-bond acceptors (Lipinski definition) is 6. The average Bonchev–Trinajstić information content (AvgIpc) is 3.36.